The lowest BCUT2D eigenvalue weighted by Crippen LogP contribution is -2.38. The molecule has 28 heavy (non-hydrogen) atoms. The van der Waals surface area contributed by atoms with Gasteiger partial charge in [-0.2, -0.15) is 0 Å². The van der Waals surface area contributed by atoms with Crippen molar-refractivity contribution in [2.75, 3.05) is 19.7 Å². The molecule has 0 fully saturated rings. The van der Waals surface area contributed by atoms with Crippen LogP contribution in [0.1, 0.15) is 23.7 Å². The predicted molar refractivity (Wildman–Crippen MR) is 126 cm³/mol. The molecule has 3 N–H and O–H groups in total. The molecule has 0 unspecified atom stereocenters. The number of hydrogen-bond donors (Lipinski definition) is 3. The van der Waals surface area contributed by atoms with Crippen molar-refractivity contribution in [3.63, 3.8) is 0 Å². The first-order valence-corrected chi connectivity index (χ1v) is 9.65. The van der Waals surface area contributed by atoms with Crippen molar-refractivity contribution < 1.29 is 4.74 Å². The van der Waals surface area contributed by atoms with Crippen LogP contribution >= 0.6 is 24.0 Å². The minimum Gasteiger partial charge on any atom is -0.493 e. The minimum atomic E-state index is 0. The number of guanidine groups is 1. The Morgan fingerprint density at radius 1 is 1.14 bits per heavy atom. The number of nitrogens with zero attached hydrogens (tertiary/aromatic N) is 1. The molecular weight excluding hydrogens is 463 g/mol. The Labute approximate surface area is 183 Å². The number of H-pyrrole nitrogens is 1. The first-order chi connectivity index (χ1) is 13.3. The van der Waals surface area contributed by atoms with Gasteiger partial charge in [0.25, 0.3) is 0 Å². The summed E-state index contributed by atoms with van der Waals surface area (Å²) in [5.41, 5.74) is 4.93. The van der Waals surface area contributed by atoms with Crippen LogP contribution in [0, 0.1) is 0 Å². The molecule has 0 radical (unpaired) electrons. The SMILES string of the molecule is CCNC(=NCc1cc2ccccc2[nH]1)NCCc1ccc2c(c1)CCO2.I. The highest BCUT2D eigenvalue weighted by Gasteiger charge is 2.11. The quantitative estimate of drug-likeness (QED) is 0.278. The molecule has 0 aliphatic carbocycles. The number of para-hydroxylation sites is 1. The zero-order chi connectivity index (χ0) is 18.5. The van der Waals surface area contributed by atoms with Crippen LogP contribution in [-0.2, 0) is 19.4 Å². The van der Waals surface area contributed by atoms with E-state index < -0.39 is 0 Å². The lowest BCUT2D eigenvalue weighted by atomic mass is 10.1. The largest absolute Gasteiger partial charge is 0.493 e. The Hall–Kier alpha value is -2.22. The van der Waals surface area contributed by atoms with Crippen LogP contribution in [0.5, 0.6) is 5.75 Å². The molecule has 0 spiro atoms. The summed E-state index contributed by atoms with van der Waals surface area (Å²) in [6.07, 6.45) is 1.98. The van der Waals surface area contributed by atoms with E-state index in [2.05, 4.69) is 65.0 Å². The van der Waals surface area contributed by atoms with Gasteiger partial charge >= 0.3 is 0 Å². The van der Waals surface area contributed by atoms with E-state index in [9.17, 15) is 0 Å². The Morgan fingerprint density at radius 3 is 2.89 bits per heavy atom. The zero-order valence-corrected chi connectivity index (χ0v) is 18.5. The molecule has 0 saturated heterocycles. The van der Waals surface area contributed by atoms with E-state index >= 15 is 0 Å². The standard InChI is InChI=1S/C22H26N4O.HI/c1-2-23-22(25-15-19-14-17-5-3-4-6-20(17)26-19)24-11-9-16-7-8-21-18(13-16)10-12-27-21;/h3-8,13-14,26H,2,9-12,15H2,1H3,(H2,23,24,25);1H. The molecule has 0 atom stereocenters. The smallest absolute Gasteiger partial charge is 0.191 e. The monoisotopic (exact) mass is 490 g/mol. The van der Waals surface area contributed by atoms with Crippen LogP contribution in [0.25, 0.3) is 10.9 Å². The lowest BCUT2D eigenvalue weighted by Gasteiger charge is -2.11. The molecule has 0 bridgehead atoms. The zero-order valence-electron chi connectivity index (χ0n) is 16.1. The van der Waals surface area contributed by atoms with E-state index in [1.54, 1.807) is 0 Å². The molecule has 0 amide bonds. The minimum absolute atomic E-state index is 0. The van der Waals surface area contributed by atoms with Gasteiger partial charge in [-0.25, -0.2) is 4.99 Å². The summed E-state index contributed by atoms with van der Waals surface area (Å²) in [5, 5.41) is 7.98. The van der Waals surface area contributed by atoms with Crippen molar-refractivity contribution in [3.05, 3.63) is 65.4 Å². The van der Waals surface area contributed by atoms with E-state index in [0.29, 0.717) is 6.54 Å². The molecule has 1 aliphatic rings. The van der Waals surface area contributed by atoms with Gasteiger partial charge in [-0.3, -0.25) is 0 Å². The van der Waals surface area contributed by atoms with Gasteiger partial charge in [-0.1, -0.05) is 30.3 Å². The van der Waals surface area contributed by atoms with Gasteiger partial charge in [-0.05, 0) is 48.1 Å². The Morgan fingerprint density at radius 2 is 2.04 bits per heavy atom. The summed E-state index contributed by atoms with van der Waals surface area (Å²) in [4.78, 5) is 8.14. The van der Waals surface area contributed by atoms with Gasteiger partial charge in [0.2, 0.25) is 0 Å². The van der Waals surface area contributed by atoms with Gasteiger partial charge in [0.15, 0.2) is 5.96 Å². The van der Waals surface area contributed by atoms with Crippen LogP contribution in [0.3, 0.4) is 0 Å². The van der Waals surface area contributed by atoms with Gasteiger partial charge in [-0.15, -0.1) is 24.0 Å². The number of fused-ring (bicyclic) bond motifs is 2. The lowest BCUT2D eigenvalue weighted by molar-refractivity contribution is 0.357. The third-order valence-corrected chi connectivity index (χ3v) is 4.80. The van der Waals surface area contributed by atoms with Crippen molar-refractivity contribution in [2.24, 2.45) is 4.99 Å². The highest BCUT2D eigenvalue weighted by Crippen LogP contribution is 2.25. The second-order valence-corrected chi connectivity index (χ2v) is 6.79. The fourth-order valence-electron chi connectivity index (χ4n) is 3.45. The number of hydrogen-bond acceptors (Lipinski definition) is 2. The Balaban J connectivity index is 0.00000225. The molecule has 2 aromatic carbocycles. The highest BCUT2D eigenvalue weighted by molar-refractivity contribution is 14.0. The van der Waals surface area contributed by atoms with E-state index in [1.165, 1.54) is 16.5 Å². The normalized spacial score (nSPS) is 13.0. The van der Waals surface area contributed by atoms with Crippen LogP contribution in [0.15, 0.2) is 53.5 Å². The Bertz CT molecular complexity index is 918. The van der Waals surface area contributed by atoms with Crippen LogP contribution in [0.4, 0.5) is 0 Å². The fourth-order valence-corrected chi connectivity index (χ4v) is 3.45. The summed E-state index contributed by atoms with van der Waals surface area (Å²) < 4.78 is 5.58. The molecule has 0 saturated carbocycles. The maximum Gasteiger partial charge on any atom is 0.191 e. The summed E-state index contributed by atoms with van der Waals surface area (Å²) in [6.45, 7) is 5.20. The number of rotatable bonds is 6. The molecule has 1 aromatic heterocycles. The summed E-state index contributed by atoms with van der Waals surface area (Å²) in [7, 11) is 0. The van der Waals surface area contributed by atoms with Crippen LogP contribution in [-0.4, -0.2) is 30.6 Å². The summed E-state index contributed by atoms with van der Waals surface area (Å²) >= 11 is 0. The second-order valence-electron chi connectivity index (χ2n) is 6.79. The number of ether oxygens (including phenoxy) is 1. The fraction of sp³-hybridized carbons (Fsp3) is 0.318. The molecule has 3 aromatic rings. The average molecular weight is 490 g/mol. The molecule has 148 valence electrons. The Kier molecular flexibility index (Phi) is 7.19. The van der Waals surface area contributed by atoms with Crippen molar-refractivity contribution >= 4 is 40.8 Å². The summed E-state index contributed by atoms with van der Waals surface area (Å²) in [6, 6.07) is 17.0. The van der Waals surface area contributed by atoms with Gasteiger partial charge in [0.1, 0.15) is 5.75 Å². The molecule has 2 heterocycles. The molecule has 4 rings (SSSR count). The predicted octanol–water partition coefficient (Wildman–Crippen LogP) is 4.02. The average Bonchev–Trinajstić information content (AvgIpc) is 3.31. The maximum absolute atomic E-state index is 5.58. The van der Waals surface area contributed by atoms with Gasteiger partial charge in [0, 0.05) is 30.7 Å². The molecule has 1 aliphatic heterocycles. The van der Waals surface area contributed by atoms with E-state index in [1.807, 2.05) is 6.07 Å². The second kappa shape index (κ2) is 9.82. The van der Waals surface area contributed by atoms with Gasteiger partial charge < -0.3 is 20.4 Å². The van der Waals surface area contributed by atoms with E-state index in [0.717, 1.165) is 55.5 Å². The van der Waals surface area contributed by atoms with Crippen molar-refractivity contribution in [1.82, 2.24) is 15.6 Å². The molecular formula is C22H27IN4O. The highest BCUT2D eigenvalue weighted by atomic mass is 127. The molecule has 5 nitrogen and oxygen atoms in total. The van der Waals surface area contributed by atoms with Crippen molar-refractivity contribution in [1.29, 1.82) is 0 Å². The number of aliphatic imine (C=N–C) groups is 1. The first kappa shape index (κ1) is 20.5. The van der Waals surface area contributed by atoms with Crippen LogP contribution < -0.4 is 15.4 Å². The van der Waals surface area contributed by atoms with E-state index in [4.69, 9.17) is 9.73 Å². The number of halogens is 1. The summed E-state index contributed by atoms with van der Waals surface area (Å²) in [5.74, 6) is 1.89. The van der Waals surface area contributed by atoms with Gasteiger partial charge in [0.05, 0.1) is 13.2 Å². The number of aromatic nitrogens is 1. The van der Waals surface area contributed by atoms with E-state index in [-0.39, 0.29) is 24.0 Å². The number of benzene rings is 2. The number of aromatic amines is 1. The maximum atomic E-state index is 5.58. The number of nitrogens with one attached hydrogen (secondary N) is 3. The third kappa shape index (κ3) is 4.98. The van der Waals surface area contributed by atoms with Crippen molar-refractivity contribution in [2.45, 2.75) is 26.3 Å². The topological polar surface area (TPSA) is 61.4 Å². The molecule has 6 heteroatoms. The van der Waals surface area contributed by atoms with Crippen molar-refractivity contribution in [3.8, 4) is 5.75 Å². The third-order valence-electron chi connectivity index (χ3n) is 4.80. The first-order valence-electron chi connectivity index (χ1n) is 9.65. The van der Waals surface area contributed by atoms with Crippen LogP contribution in [0.2, 0.25) is 0 Å².